The van der Waals surface area contributed by atoms with E-state index < -0.39 is 25.2 Å². The van der Waals surface area contributed by atoms with Crippen molar-refractivity contribution in [2.24, 2.45) is 5.92 Å². The van der Waals surface area contributed by atoms with E-state index in [1.807, 2.05) is 0 Å². The maximum atomic E-state index is 12.9. The maximum absolute atomic E-state index is 12.9. The van der Waals surface area contributed by atoms with Gasteiger partial charge in [-0.25, -0.2) is 0 Å². The SMILES string of the molecule is COc1ccc(P(=O)(O)CCCCCCC(CCC(=O)O)C(=O)O)c(OC)c1OC. The zero-order valence-corrected chi connectivity index (χ0v) is 18.5. The fraction of sp³-hybridized carbons (Fsp3) is 0.600. The molecule has 9 nitrogen and oxygen atoms in total. The lowest BCUT2D eigenvalue weighted by atomic mass is 9.96. The molecule has 1 rings (SSSR count). The van der Waals surface area contributed by atoms with E-state index in [-0.39, 0.29) is 35.8 Å². The Bertz CT molecular complexity index is 763. The lowest BCUT2D eigenvalue weighted by Crippen LogP contribution is -2.15. The summed E-state index contributed by atoms with van der Waals surface area (Å²) in [7, 11) is 0.587. The molecule has 0 spiro atoms. The van der Waals surface area contributed by atoms with E-state index in [0.29, 0.717) is 37.9 Å². The standard InChI is InChI=1S/C20H31O9P/c1-27-15-10-11-16(19(29-3)18(15)28-2)30(25,26)13-7-5-4-6-8-14(20(23)24)9-12-17(21)22/h10-11,14H,4-9,12-13H2,1-3H3,(H,21,22)(H,23,24)(H,25,26). The first-order valence-electron chi connectivity index (χ1n) is 9.73. The molecule has 0 radical (unpaired) electrons. The first kappa shape index (κ1) is 25.8. The lowest BCUT2D eigenvalue weighted by Gasteiger charge is -2.19. The number of carboxylic acid groups (broad SMARTS) is 2. The molecule has 0 saturated carbocycles. The van der Waals surface area contributed by atoms with E-state index in [9.17, 15) is 19.0 Å². The van der Waals surface area contributed by atoms with Crippen LogP contribution in [0.25, 0.3) is 0 Å². The van der Waals surface area contributed by atoms with Crippen LogP contribution < -0.4 is 19.5 Å². The molecule has 0 fully saturated rings. The lowest BCUT2D eigenvalue weighted by molar-refractivity contribution is -0.143. The number of ether oxygens (including phenoxy) is 3. The van der Waals surface area contributed by atoms with Crippen LogP contribution in [0.4, 0.5) is 0 Å². The topological polar surface area (TPSA) is 140 Å². The predicted molar refractivity (Wildman–Crippen MR) is 112 cm³/mol. The molecule has 1 aromatic rings. The summed E-state index contributed by atoms with van der Waals surface area (Å²) in [5.74, 6) is -1.85. The highest BCUT2D eigenvalue weighted by Gasteiger charge is 2.29. The number of unbranched alkanes of at least 4 members (excludes halogenated alkanes) is 3. The van der Waals surface area contributed by atoms with Gasteiger partial charge in [-0.3, -0.25) is 14.2 Å². The Morgan fingerprint density at radius 3 is 2.10 bits per heavy atom. The molecule has 2 atom stereocenters. The molecule has 1 aromatic carbocycles. The van der Waals surface area contributed by atoms with Crippen molar-refractivity contribution >= 4 is 24.6 Å². The molecule has 0 aliphatic heterocycles. The highest BCUT2D eigenvalue weighted by molar-refractivity contribution is 7.66. The second-order valence-electron chi connectivity index (χ2n) is 6.95. The van der Waals surface area contributed by atoms with E-state index in [1.54, 1.807) is 6.07 Å². The summed E-state index contributed by atoms with van der Waals surface area (Å²) in [6.45, 7) is 0. The van der Waals surface area contributed by atoms with Gasteiger partial charge >= 0.3 is 11.9 Å². The van der Waals surface area contributed by atoms with Gasteiger partial charge in [0.05, 0.1) is 32.6 Å². The molecule has 3 N–H and O–H groups in total. The number of rotatable bonds is 15. The monoisotopic (exact) mass is 446 g/mol. The van der Waals surface area contributed by atoms with Crippen LogP contribution in [0.3, 0.4) is 0 Å². The van der Waals surface area contributed by atoms with Crippen molar-refractivity contribution in [2.45, 2.75) is 44.9 Å². The Labute approximate surface area is 176 Å². The zero-order valence-electron chi connectivity index (χ0n) is 17.6. The molecule has 0 heterocycles. The van der Waals surface area contributed by atoms with E-state index in [4.69, 9.17) is 24.4 Å². The van der Waals surface area contributed by atoms with Crippen LogP contribution in [0.15, 0.2) is 12.1 Å². The Morgan fingerprint density at radius 1 is 0.933 bits per heavy atom. The van der Waals surface area contributed by atoms with Gasteiger partial charge in [0.15, 0.2) is 11.5 Å². The van der Waals surface area contributed by atoms with Crippen LogP contribution in [0.5, 0.6) is 17.2 Å². The van der Waals surface area contributed by atoms with Gasteiger partial charge in [-0.15, -0.1) is 0 Å². The molecule has 0 amide bonds. The summed E-state index contributed by atoms with van der Waals surface area (Å²) in [6, 6.07) is 3.06. The van der Waals surface area contributed by atoms with E-state index >= 15 is 0 Å². The number of benzene rings is 1. The second-order valence-corrected chi connectivity index (χ2v) is 9.28. The summed E-state index contributed by atoms with van der Waals surface area (Å²) in [5, 5.41) is 18.0. The Kier molecular flexibility index (Phi) is 10.7. The average Bonchev–Trinajstić information content (AvgIpc) is 2.70. The molecule has 0 aromatic heterocycles. The van der Waals surface area contributed by atoms with Crippen LogP contribution in [-0.4, -0.2) is 54.5 Å². The van der Waals surface area contributed by atoms with Crippen LogP contribution in [-0.2, 0) is 14.2 Å². The van der Waals surface area contributed by atoms with Crippen LogP contribution in [0, 0.1) is 5.92 Å². The molecule has 30 heavy (non-hydrogen) atoms. The third-order valence-electron chi connectivity index (χ3n) is 4.88. The minimum Gasteiger partial charge on any atom is -0.493 e. The Balaban J connectivity index is 2.59. The highest BCUT2D eigenvalue weighted by Crippen LogP contribution is 2.48. The van der Waals surface area contributed by atoms with Gasteiger partial charge in [-0.2, -0.15) is 0 Å². The molecule has 0 saturated heterocycles. The molecular formula is C20H31O9P. The van der Waals surface area contributed by atoms with Gasteiger partial charge in [0.1, 0.15) is 0 Å². The first-order valence-corrected chi connectivity index (χ1v) is 11.6. The minimum atomic E-state index is -3.69. The predicted octanol–water partition coefficient (Wildman–Crippen LogP) is 3.12. The summed E-state index contributed by atoms with van der Waals surface area (Å²) < 4.78 is 28.6. The van der Waals surface area contributed by atoms with Crippen molar-refractivity contribution in [3.8, 4) is 17.2 Å². The third kappa shape index (κ3) is 7.54. The van der Waals surface area contributed by atoms with Crippen LogP contribution >= 0.6 is 7.37 Å². The Hall–Kier alpha value is -2.25. The van der Waals surface area contributed by atoms with Crippen molar-refractivity contribution in [1.82, 2.24) is 0 Å². The van der Waals surface area contributed by atoms with Crippen molar-refractivity contribution < 1.29 is 43.5 Å². The summed E-state index contributed by atoms with van der Waals surface area (Å²) in [6.07, 6.45) is 2.84. The second kappa shape index (κ2) is 12.4. The maximum Gasteiger partial charge on any atom is 0.306 e. The molecule has 0 aliphatic carbocycles. The zero-order chi connectivity index (χ0) is 22.7. The largest absolute Gasteiger partial charge is 0.493 e. The molecule has 10 heteroatoms. The van der Waals surface area contributed by atoms with E-state index in [2.05, 4.69) is 0 Å². The van der Waals surface area contributed by atoms with E-state index in [0.717, 1.165) is 0 Å². The number of carboxylic acids is 2. The van der Waals surface area contributed by atoms with Gasteiger partial charge in [0.2, 0.25) is 13.1 Å². The van der Waals surface area contributed by atoms with Crippen LogP contribution in [0.1, 0.15) is 44.9 Å². The number of hydrogen-bond donors (Lipinski definition) is 3. The summed E-state index contributed by atoms with van der Waals surface area (Å²) in [4.78, 5) is 32.4. The number of aliphatic carboxylic acids is 2. The third-order valence-corrected chi connectivity index (χ3v) is 6.91. The first-order chi connectivity index (χ1) is 14.2. The summed E-state index contributed by atoms with van der Waals surface area (Å²) >= 11 is 0. The fourth-order valence-electron chi connectivity index (χ4n) is 3.24. The minimum absolute atomic E-state index is 0.0558. The molecule has 0 aliphatic rings. The highest BCUT2D eigenvalue weighted by atomic mass is 31.2. The van der Waals surface area contributed by atoms with Gasteiger partial charge in [0, 0.05) is 12.6 Å². The normalized spacial score (nSPS) is 13.9. The van der Waals surface area contributed by atoms with Gasteiger partial charge < -0.3 is 29.3 Å². The van der Waals surface area contributed by atoms with Gasteiger partial charge in [0.25, 0.3) is 0 Å². The summed E-state index contributed by atoms with van der Waals surface area (Å²) in [5.41, 5.74) is 0. The van der Waals surface area contributed by atoms with Crippen molar-refractivity contribution in [1.29, 1.82) is 0 Å². The van der Waals surface area contributed by atoms with Crippen LogP contribution in [0.2, 0.25) is 0 Å². The van der Waals surface area contributed by atoms with E-state index in [1.165, 1.54) is 27.4 Å². The number of carbonyl (C=O) groups is 2. The molecule has 170 valence electrons. The molecule has 0 bridgehead atoms. The molecule has 2 unspecified atom stereocenters. The quantitative estimate of drug-likeness (QED) is 0.274. The number of methoxy groups -OCH3 is 3. The van der Waals surface area contributed by atoms with Crippen molar-refractivity contribution in [3.63, 3.8) is 0 Å². The fourth-order valence-corrected chi connectivity index (χ4v) is 4.95. The average molecular weight is 446 g/mol. The molecular weight excluding hydrogens is 415 g/mol. The van der Waals surface area contributed by atoms with Gasteiger partial charge in [-0.05, 0) is 31.4 Å². The van der Waals surface area contributed by atoms with Gasteiger partial charge in [-0.1, -0.05) is 19.3 Å². The number of hydrogen-bond acceptors (Lipinski definition) is 6. The smallest absolute Gasteiger partial charge is 0.306 e. The Morgan fingerprint density at radius 2 is 1.57 bits per heavy atom. The van der Waals surface area contributed by atoms with Crippen molar-refractivity contribution in [3.05, 3.63) is 12.1 Å². The van der Waals surface area contributed by atoms with Crippen molar-refractivity contribution in [2.75, 3.05) is 27.5 Å².